The molecule has 2 aliphatic heterocycles. The Morgan fingerprint density at radius 1 is 1.68 bits per heavy atom. The van der Waals surface area contributed by atoms with Gasteiger partial charge in [-0.05, 0) is 30.7 Å². The van der Waals surface area contributed by atoms with Crippen molar-refractivity contribution in [2.75, 3.05) is 26.6 Å². The zero-order valence-electron chi connectivity index (χ0n) is 11.3. The average Bonchev–Trinajstić information content (AvgIpc) is 2.47. The molecule has 2 aliphatic rings. The lowest BCUT2D eigenvalue weighted by atomic mass is 10.0. The first-order valence-corrected chi connectivity index (χ1v) is 7.60. The lowest BCUT2D eigenvalue weighted by Crippen LogP contribution is -2.29. The molecule has 0 aliphatic carbocycles. The molecule has 2 N–H and O–H groups in total. The van der Waals surface area contributed by atoms with Crippen LogP contribution in [-0.4, -0.2) is 49.5 Å². The van der Waals surface area contributed by atoms with Crippen LogP contribution < -0.4 is 5.32 Å². The fourth-order valence-electron chi connectivity index (χ4n) is 2.16. The standard InChI is InChI=1S/C13H20N2O3S/c1-17-10(7-16)4-3-9-5-6-18-12-11(9)14-8-15-13(12)19-2/h5,8,10,13,16H,3-4,6-7H2,1-2H3,(H,14,15). The molecule has 2 heterocycles. The Balaban J connectivity index is 2.05. The molecule has 19 heavy (non-hydrogen) atoms. The van der Waals surface area contributed by atoms with Crippen LogP contribution in [0, 0.1) is 0 Å². The third kappa shape index (κ3) is 3.32. The van der Waals surface area contributed by atoms with Gasteiger partial charge in [0.15, 0.2) is 11.1 Å². The van der Waals surface area contributed by atoms with Gasteiger partial charge < -0.3 is 19.9 Å². The summed E-state index contributed by atoms with van der Waals surface area (Å²) >= 11 is 1.65. The van der Waals surface area contributed by atoms with Crippen molar-refractivity contribution in [1.29, 1.82) is 0 Å². The van der Waals surface area contributed by atoms with Crippen molar-refractivity contribution in [3.05, 3.63) is 23.1 Å². The number of rotatable bonds is 6. The number of nitrogens with one attached hydrogen (secondary N) is 1. The maximum absolute atomic E-state index is 9.15. The highest BCUT2D eigenvalue weighted by atomic mass is 32.2. The molecule has 0 saturated carbocycles. The maximum atomic E-state index is 9.15. The highest BCUT2D eigenvalue weighted by Gasteiger charge is 2.26. The first-order valence-electron chi connectivity index (χ1n) is 6.31. The normalized spacial score (nSPS) is 23.3. The van der Waals surface area contributed by atoms with Crippen molar-refractivity contribution in [3.8, 4) is 0 Å². The Kier molecular flexibility index (Phi) is 5.30. The van der Waals surface area contributed by atoms with Gasteiger partial charge in [0.25, 0.3) is 0 Å². The number of hydrogen-bond donors (Lipinski definition) is 2. The summed E-state index contributed by atoms with van der Waals surface area (Å²) in [6.45, 7) is 0.633. The summed E-state index contributed by atoms with van der Waals surface area (Å²) in [6, 6.07) is 0. The van der Waals surface area contributed by atoms with Crippen molar-refractivity contribution in [1.82, 2.24) is 5.32 Å². The van der Waals surface area contributed by atoms with Crippen LogP contribution >= 0.6 is 11.8 Å². The number of aliphatic hydroxyl groups is 1. The fraction of sp³-hybridized carbons (Fsp3) is 0.615. The third-order valence-corrected chi connectivity index (χ3v) is 4.06. The van der Waals surface area contributed by atoms with Crippen molar-refractivity contribution >= 4 is 18.1 Å². The molecule has 2 rings (SSSR count). The van der Waals surface area contributed by atoms with E-state index in [2.05, 4.69) is 16.4 Å². The molecule has 0 radical (unpaired) electrons. The van der Waals surface area contributed by atoms with Gasteiger partial charge >= 0.3 is 0 Å². The summed E-state index contributed by atoms with van der Waals surface area (Å²) in [4.78, 5) is 4.35. The minimum Gasteiger partial charge on any atom is -0.488 e. The number of methoxy groups -OCH3 is 1. The Bertz CT molecular complexity index is 403. The number of aliphatic hydroxyl groups excluding tert-OH is 1. The minimum atomic E-state index is -0.110. The van der Waals surface area contributed by atoms with E-state index in [4.69, 9.17) is 14.6 Å². The number of allylic oxidation sites excluding steroid dienone is 1. The molecular weight excluding hydrogens is 264 g/mol. The number of nitrogens with zero attached hydrogens (tertiary/aromatic N) is 1. The van der Waals surface area contributed by atoms with Gasteiger partial charge in [-0.25, -0.2) is 0 Å². The second kappa shape index (κ2) is 6.98. The van der Waals surface area contributed by atoms with Crippen molar-refractivity contribution in [2.45, 2.75) is 24.3 Å². The first-order chi connectivity index (χ1) is 9.30. The van der Waals surface area contributed by atoms with Gasteiger partial charge in [0.05, 0.1) is 24.7 Å². The van der Waals surface area contributed by atoms with Crippen LogP contribution in [0.1, 0.15) is 12.8 Å². The predicted molar refractivity (Wildman–Crippen MR) is 77.1 cm³/mol. The van der Waals surface area contributed by atoms with E-state index in [0.29, 0.717) is 6.61 Å². The van der Waals surface area contributed by atoms with Gasteiger partial charge in [-0.2, -0.15) is 0 Å². The molecular formula is C13H20N2O3S. The van der Waals surface area contributed by atoms with Crippen molar-refractivity contribution < 1.29 is 14.6 Å². The SMILES string of the molecule is COC(CO)CCC1=CCOC2=C1NC=NC2SC. The molecule has 0 bridgehead atoms. The van der Waals surface area contributed by atoms with Gasteiger partial charge in [0.2, 0.25) is 0 Å². The average molecular weight is 284 g/mol. The van der Waals surface area contributed by atoms with Crippen LogP contribution in [0.2, 0.25) is 0 Å². The fourth-order valence-corrected chi connectivity index (χ4v) is 2.74. The highest BCUT2D eigenvalue weighted by Crippen LogP contribution is 2.31. The third-order valence-electron chi connectivity index (χ3n) is 3.28. The van der Waals surface area contributed by atoms with Crippen LogP contribution in [0.5, 0.6) is 0 Å². The van der Waals surface area contributed by atoms with Gasteiger partial charge in [-0.3, -0.25) is 4.99 Å². The van der Waals surface area contributed by atoms with E-state index in [1.165, 1.54) is 5.57 Å². The van der Waals surface area contributed by atoms with E-state index in [-0.39, 0.29) is 18.1 Å². The molecule has 0 saturated heterocycles. The smallest absolute Gasteiger partial charge is 0.156 e. The van der Waals surface area contributed by atoms with E-state index in [0.717, 1.165) is 24.3 Å². The molecule has 0 amide bonds. The minimum absolute atomic E-state index is 0.0380. The van der Waals surface area contributed by atoms with E-state index in [1.54, 1.807) is 25.2 Å². The Morgan fingerprint density at radius 2 is 2.53 bits per heavy atom. The Hall–Kier alpha value is -0.980. The summed E-state index contributed by atoms with van der Waals surface area (Å²) in [7, 11) is 1.62. The van der Waals surface area contributed by atoms with Gasteiger partial charge in [-0.1, -0.05) is 0 Å². The molecule has 5 nitrogen and oxygen atoms in total. The summed E-state index contributed by atoms with van der Waals surface area (Å²) in [5.74, 6) is 0.908. The summed E-state index contributed by atoms with van der Waals surface area (Å²) in [5, 5.41) is 12.4. The van der Waals surface area contributed by atoms with Crippen molar-refractivity contribution in [3.63, 3.8) is 0 Å². The molecule has 0 aromatic rings. The van der Waals surface area contributed by atoms with Crippen LogP contribution in [0.4, 0.5) is 0 Å². The maximum Gasteiger partial charge on any atom is 0.156 e. The Labute approximate surface area is 117 Å². The number of aliphatic imine (C=N–C) groups is 1. The highest BCUT2D eigenvalue weighted by molar-refractivity contribution is 7.99. The zero-order chi connectivity index (χ0) is 13.7. The summed E-state index contributed by atoms with van der Waals surface area (Å²) in [6.07, 6.45) is 7.35. The second-order valence-corrected chi connectivity index (χ2v) is 5.29. The predicted octanol–water partition coefficient (Wildman–Crippen LogP) is 1.26. The molecule has 0 aromatic carbocycles. The van der Waals surface area contributed by atoms with Crippen LogP contribution in [-0.2, 0) is 9.47 Å². The number of thioether (sulfide) groups is 1. The largest absolute Gasteiger partial charge is 0.488 e. The van der Waals surface area contributed by atoms with Crippen LogP contribution in [0.15, 0.2) is 28.1 Å². The topological polar surface area (TPSA) is 63.1 Å². The number of ether oxygens (including phenoxy) is 2. The lowest BCUT2D eigenvalue weighted by molar-refractivity contribution is 0.0434. The Morgan fingerprint density at radius 3 is 3.21 bits per heavy atom. The van der Waals surface area contributed by atoms with Gasteiger partial charge in [0.1, 0.15) is 6.61 Å². The zero-order valence-corrected chi connectivity index (χ0v) is 12.1. The van der Waals surface area contributed by atoms with Crippen LogP contribution in [0.3, 0.4) is 0 Å². The van der Waals surface area contributed by atoms with Crippen molar-refractivity contribution in [2.24, 2.45) is 4.99 Å². The van der Waals surface area contributed by atoms with Gasteiger partial charge in [0, 0.05) is 7.11 Å². The van der Waals surface area contributed by atoms with E-state index in [1.807, 2.05) is 6.26 Å². The second-order valence-electron chi connectivity index (χ2n) is 4.37. The summed E-state index contributed by atoms with van der Waals surface area (Å²) in [5.41, 5.74) is 2.23. The molecule has 2 atom stereocenters. The monoisotopic (exact) mass is 284 g/mol. The first kappa shape index (κ1) is 14.4. The lowest BCUT2D eigenvalue weighted by Gasteiger charge is -2.28. The molecule has 106 valence electrons. The molecule has 0 aromatic heterocycles. The van der Waals surface area contributed by atoms with E-state index in [9.17, 15) is 0 Å². The molecule has 0 fully saturated rings. The van der Waals surface area contributed by atoms with Crippen LogP contribution in [0.25, 0.3) is 0 Å². The van der Waals surface area contributed by atoms with E-state index >= 15 is 0 Å². The van der Waals surface area contributed by atoms with E-state index < -0.39 is 0 Å². The van der Waals surface area contributed by atoms with Gasteiger partial charge in [-0.15, -0.1) is 11.8 Å². The quantitative estimate of drug-likeness (QED) is 0.769. The molecule has 2 unspecified atom stereocenters. The summed E-state index contributed by atoms with van der Waals surface area (Å²) < 4.78 is 10.9. The molecule has 0 spiro atoms. The number of hydrogen-bond acceptors (Lipinski definition) is 6. The molecule has 6 heteroatoms.